The summed E-state index contributed by atoms with van der Waals surface area (Å²) < 4.78 is 10.2. The maximum atomic E-state index is 5.29. The molecule has 9 heteroatoms. The zero-order valence-corrected chi connectivity index (χ0v) is 10.7. The van der Waals surface area contributed by atoms with E-state index in [0.717, 1.165) is 5.01 Å². The highest BCUT2D eigenvalue weighted by atomic mass is 32.1. The van der Waals surface area contributed by atoms with E-state index in [4.69, 9.17) is 8.94 Å². The van der Waals surface area contributed by atoms with Gasteiger partial charge in [0.25, 0.3) is 0 Å². The molecule has 0 bridgehead atoms. The molecule has 0 amide bonds. The highest BCUT2D eigenvalue weighted by Gasteiger charge is 2.33. The van der Waals surface area contributed by atoms with E-state index in [0.29, 0.717) is 17.5 Å². The van der Waals surface area contributed by atoms with Crippen LogP contribution in [0.1, 0.15) is 5.01 Å². The average Bonchev–Trinajstić information content (AvgIpc) is 3.23. The first-order valence-corrected chi connectivity index (χ1v) is 6.50. The van der Waals surface area contributed by atoms with Crippen molar-refractivity contribution in [2.45, 2.75) is 0 Å². The monoisotopic (exact) mass is 287 g/mol. The normalized spacial score (nSPS) is 14.5. The van der Waals surface area contributed by atoms with E-state index in [-0.39, 0.29) is 0 Å². The van der Waals surface area contributed by atoms with Gasteiger partial charge in [0.1, 0.15) is 29.4 Å². The predicted octanol–water partition coefficient (Wildman–Crippen LogP) is 1.67. The van der Waals surface area contributed by atoms with Crippen LogP contribution in [0.4, 0.5) is 11.8 Å². The Labute approximate surface area is 116 Å². The van der Waals surface area contributed by atoms with Crippen LogP contribution in [-0.4, -0.2) is 15.1 Å². The highest BCUT2D eigenvalue weighted by Crippen LogP contribution is 2.32. The second kappa shape index (κ2) is 4.38. The van der Waals surface area contributed by atoms with Crippen molar-refractivity contribution in [3.05, 3.63) is 47.6 Å². The van der Waals surface area contributed by atoms with Crippen LogP contribution in [0.2, 0.25) is 0 Å². The fourth-order valence-electron chi connectivity index (χ4n) is 1.78. The maximum Gasteiger partial charge on any atom is 0.337 e. The average molecular weight is 287 g/mol. The molecular weight excluding hydrogens is 280 g/mol. The Morgan fingerprint density at radius 2 is 2.25 bits per heavy atom. The van der Waals surface area contributed by atoms with Gasteiger partial charge >= 0.3 is 6.01 Å². The van der Waals surface area contributed by atoms with Crippen LogP contribution in [0.5, 0.6) is 0 Å². The zero-order chi connectivity index (χ0) is 13.4. The van der Waals surface area contributed by atoms with Gasteiger partial charge < -0.3 is 8.94 Å². The molecule has 3 aromatic heterocycles. The largest absolute Gasteiger partial charge is 0.430 e. The molecule has 0 atom stereocenters. The van der Waals surface area contributed by atoms with Crippen LogP contribution in [0.3, 0.4) is 0 Å². The van der Waals surface area contributed by atoms with Gasteiger partial charge in [-0.3, -0.25) is 5.43 Å². The summed E-state index contributed by atoms with van der Waals surface area (Å²) >= 11 is 1.49. The molecular formula is C11H7N6O2S. The maximum absolute atomic E-state index is 5.29. The molecule has 1 aliphatic rings. The van der Waals surface area contributed by atoms with Gasteiger partial charge in [-0.15, -0.1) is 16.5 Å². The molecule has 0 fully saturated rings. The smallest absolute Gasteiger partial charge is 0.337 e. The second-order valence-corrected chi connectivity index (χ2v) is 4.61. The van der Waals surface area contributed by atoms with Crippen molar-refractivity contribution in [3.63, 3.8) is 0 Å². The molecule has 8 nitrogen and oxygen atoms in total. The van der Waals surface area contributed by atoms with Crippen molar-refractivity contribution in [2.75, 3.05) is 10.1 Å². The number of hydrogen-bond donors (Lipinski definition) is 1. The topological polar surface area (TPSA) is 83.5 Å². The molecule has 0 saturated heterocycles. The fraction of sp³-hybridized carbons (Fsp3) is 0. The molecule has 0 spiro atoms. The molecule has 0 aromatic carbocycles. The van der Waals surface area contributed by atoms with E-state index < -0.39 is 0 Å². The van der Waals surface area contributed by atoms with Crippen molar-refractivity contribution >= 4 is 28.9 Å². The Morgan fingerprint density at radius 1 is 1.25 bits per heavy atom. The summed E-state index contributed by atoms with van der Waals surface area (Å²) in [4.78, 5) is 8.38. The van der Waals surface area contributed by atoms with E-state index in [9.17, 15) is 0 Å². The minimum atomic E-state index is 0.354. The molecule has 0 unspecified atom stereocenters. The van der Waals surface area contributed by atoms with Gasteiger partial charge in [0, 0.05) is 17.6 Å². The first-order valence-electron chi connectivity index (χ1n) is 5.62. The van der Waals surface area contributed by atoms with E-state index in [1.54, 1.807) is 28.6 Å². The van der Waals surface area contributed by atoms with Crippen molar-refractivity contribution in [3.8, 4) is 0 Å². The van der Waals surface area contributed by atoms with Crippen molar-refractivity contribution < 1.29 is 8.94 Å². The minimum absolute atomic E-state index is 0.354. The second-order valence-electron chi connectivity index (χ2n) is 3.72. The summed E-state index contributed by atoms with van der Waals surface area (Å²) in [5.41, 5.74) is 3.64. The van der Waals surface area contributed by atoms with E-state index in [1.807, 2.05) is 5.38 Å². The van der Waals surface area contributed by atoms with Gasteiger partial charge in [-0.1, -0.05) is 5.16 Å². The quantitative estimate of drug-likeness (QED) is 0.778. The highest BCUT2D eigenvalue weighted by molar-refractivity contribution is 7.10. The Hall–Kier alpha value is -2.81. The number of anilines is 2. The summed E-state index contributed by atoms with van der Waals surface area (Å²) in [5, 5.41) is 9.89. The molecule has 20 heavy (non-hydrogen) atoms. The van der Waals surface area contributed by atoms with Crippen LogP contribution in [0.15, 0.2) is 45.3 Å². The van der Waals surface area contributed by atoms with E-state index in [2.05, 4.69) is 26.8 Å². The predicted molar refractivity (Wildman–Crippen MR) is 69.9 cm³/mol. The number of nitrogens with zero attached hydrogens (tertiary/aromatic N) is 5. The SMILES string of the molecule is [C]1=C(c2nccs2)N(c2ccon2)N(c2ncco2)N1. The van der Waals surface area contributed by atoms with Gasteiger partial charge in [0.05, 0.1) is 6.20 Å². The first-order chi connectivity index (χ1) is 9.93. The van der Waals surface area contributed by atoms with Gasteiger partial charge in [-0.25, -0.2) is 9.99 Å². The van der Waals surface area contributed by atoms with Crippen LogP contribution < -0.4 is 15.6 Å². The van der Waals surface area contributed by atoms with Crippen LogP contribution in [-0.2, 0) is 0 Å². The number of thiazole rings is 1. The number of nitrogens with one attached hydrogen (secondary N) is 1. The molecule has 0 saturated carbocycles. The van der Waals surface area contributed by atoms with Crippen molar-refractivity contribution in [1.29, 1.82) is 0 Å². The van der Waals surface area contributed by atoms with Gasteiger partial charge in [0.2, 0.25) is 0 Å². The summed E-state index contributed by atoms with van der Waals surface area (Å²) in [6.45, 7) is 0. The lowest BCUT2D eigenvalue weighted by atomic mass is 10.4. The Balaban J connectivity index is 1.78. The van der Waals surface area contributed by atoms with Gasteiger partial charge in [0.15, 0.2) is 5.82 Å². The standard InChI is InChI=1S/C11H7N6O2S/c1-4-19-15-9(1)16-8(10-12-3-6-20-10)7-14-17(16)11-13-2-5-18-11/h1-6,14H. The third-order valence-corrected chi connectivity index (χ3v) is 3.35. The molecule has 4 heterocycles. The Morgan fingerprint density at radius 3 is 2.95 bits per heavy atom. The first kappa shape index (κ1) is 11.1. The summed E-state index contributed by atoms with van der Waals surface area (Å²) in [6.07, 6.45) is 9.27. The third-order valence-electron chi connectivity index (χ3n) is 2.57. The van der Waals surface area contributed by atoms with Crippen molar-refractivity contribution in [1.82, 2.24) is 20.6 Å². The van der Waals surface area contributed by atoms with E-state index >= 15 is 0 Å². The van der Waals surface area contributed by atoms with Gasteiger partial charge in [-0.2, -0.15) is 4.98 Å². The molecule has 99 valence electrons. The third kappa shape index (κ3) is 1.64. The summed E-state index contributed by atoms with van der Waals surface area (Å²) in [5.74, 6) is 0.561. The Kier molecular flexibility index (Phi) is 2.42. The number of hydrogen-bond acceptors (Lipinski definition) is 9. The number of hydrazine groups is 2. The number of rotatable bonds is 3. The van der Waals surface area contributed by atoms with Crippen LogP contribution in [0.25, 0.3) is 5.70 Å². The van der Waals surface area contributed by atoms with Crippen molar-refractivity contribution in [2.24, 2.45) is 0 Å². The molecule has 1 aliphatic heterocycles. The minimum Gasteiger partial charge on any atom is -0.430 e. The molecule has 0 aliphatic carbocycles. The lowest BCUT2D eigenvalue weighted by molar-refractivity contribution is 0.419. The van der Waals surface area contributed by atoms with Gasteiger partial charge in [-0.05, 0) is 0 Å². The van der Waals surface area contributed by atoms with Crippen LogP contribution >= 0.6 is 11.3 Å². The molecule has 3 aromatic rings. The van der Waals surface area contributed by atoms with E-state index in [1.165, 1.54) is 23.9 Å². The molecule has 1 radical (unpaired) electrons. The molecule has 1 N–H and O–H groups in total. The molecule has 4 rings (SSSR count). The zero-order valence-electron chi connectivity index (χ0n) is 9.92. The lowest BCUT2D eigenvalue weighted by Crippen LogP contribution is -2.43. The summed E-state index contributed by atoms with van der Waals surface area (Å²) in [7, 11) is 0. The van der Waals surface area contributed by atoms with Crippen LogP contribution in [0, 0.1) is 6.20 Å². The number of aromatic nitrogens is 3. The lowest BCUT2D eigenvalue weighted by Gasteiger charge is -2.26. The summed E-state index contributed by atoms with van der Waals surface area (Å²) in [6, 6.07) is 2.07. The number of oxazole rings is 1. The fourth-order valence-corrected chi connectivity index (χ4v) is 2.40. The Bertz CT molecular complexity index is 706.